The van der Waals surface area contributed by atoms with Crippen LogP contribution in [0.4, 0.5) is 5.69 Å². The summed E-state index contributed by atoms with van der Waals surface area (Å²) < 4.78 is 0. The van der Waals surface area contributed by atoms with Crippen molar-refractivity contribution < 1.29 is 9.59 Å². The Bertz CT molecular complexity index is 669. The summed E-state index contributed by atoms with van der Waals surface area (Å²) in [6.45, 7) is 1.57. The molecule has 0 unspecified atom stereocenters. The largest absolute Gasteiger partial charge is 0.374 e. The van der Waals surface area contributed by atoms with E-state index >= 15 is 0 Å². The van der Waals surface area contributed by atoms with Crippen molar-refractivity contribution in [1.29, 1.82) is 0 Å². The maximum absolute atomic E-state index is 12.2. The van der Waals surface area contributed by atoms with E-state index in [1.807, 2.05) is 0 Å². The zero-order valence-electron chi connectivity index (χ0n) is 13.6. The third-order valence-corrected chi connectivity index (χ3v) is 4.42. The molecule has 6 heteroatoms. The minimum Gasteiger partial charge on any atom is -0.374 e. The summed E-state index contributed by atoms with van der Waals surface area (Å²) in [5.41, 5.74) is 4.13. The van der Waals surface area contributed by atoms with Crippen molar-refractivity contribution in [3.63, 3.8) is 0 Å². The van der Waals surface area contributed by atoms with E-state index in [0.29, 0.717) is 25.1 Å². The fraction of sp³-hybridized carbons (Fsp3) is 0.471. The third kappa shape index (κ3) is 3.36. The molecule has 0 saturated carbocycles. The van der Waals surface area contributed by atoms with Crippen molar-refractivity contribution in [3.05, 3.63) is 29.3 Å². The molecule has 3 rings (SSSR count). The van der Waals surface area contributed by atoms with Crippen LogP contribution in [-0.2, 0) is 22.6 Å². The van der Waals surface area contributed by atoms with Gasteiger partial charge in [0.15, 0.2) is 0 Å². The number of rotatable bonds is 3. The summed E-state index contributed by atoms with van der Waals surface area (Å²) >= 11 is 0. The van der Waals surface area contributed by atoms with Crippen LogP contribution >= 0.6 is 0 Å². The SMILES string of the molecule is CN1N=C(C(=O)NCc2ccc3c(c2)CCCN3C)CCC1=O. The highest BCUT2D eigenvalue weighted by Crippen LogP contribution is 2.26. The first-order valence-corrected chi connectivity index (χ1v) is 8.00. The fourth-order valence-electron chi connectivity index (χ4n) is 3.07. The van der Waals surface area contributed by atoms with Crippen LogP contribution in [0, 0.1) is 0 Å². The number of hydrogen-bond donors (Lipinski definition) is 1. The highest BCUT2D eigenvalue weighted by atomic mass is 16.2. The van der Waals surface area contributed by atoms with Crippen molar-refractivity contribution in [2.75, 3.05) is 25.5 Å². The number of carbonyl (C=O) groups excluding carboxylic acids is 2. The Morgan fingerprint density at radius 3 is 2.87 bits per heavy atom. The average Bonchev–Trinajstić information content (AvgIpc) is 2.55. The first-order chi connectivity index (χ1) is 11.0. The van der Waals surface area contributed by atoms with E-state index < -0.39 is 0 Å². The third-order valence-electron chi connectivity index (χ3n) is 4.42. The normalized spacial score (nSPS) is 17.7. The molecule has 0 aliphatic carbocycles. The molecule has 0 spiro atoms. The van der Waals surface area contributed by atoms with Gasteiger partial charge in [0.1, 0.15) is 5.71 Å². The smallest absolute Gasteiger partial charge is 0.267 e. The van der Waals surface area contributed by atoms with E-state index in [2.05, 4.69) is 40.6 Å². The zero-order chi connectivity index (χ0) is 16.4. The maximum atomic E-state index is 12.2. The number of nitrogens with one attached hydrogen (secondary N) is 1. The van der Waals surface area contributed by atoms with Crippen LogP contribution in [0.25, 0.3) is 0 Å². The molecule has 0 radical (unpaired) electrons. The van der Waals surface area contributed by atoms with Crippen LogP contribution in [0.3, 0.4) is 0 Å². The monoisotopic (exact) mass is 314 g/mol. The Morgan fingerprint density at radius 1 is 1.26 bits per heavy atom. The van der Waals surface area contributed by atoms with E-state index in [-0.39, 0.29) is 11.8 Å². The van der Waals surface area contributed by atoms with Crippen LogP contribution in [-0.4, -0.2) is 43.2 Å². The Balaban J connectivity index is 1.63. The molecule has 23 heavy (non-hydrogen) atoms. The lowest BCUT2D eigenvalue weighted by molar-refractivity contribution is -0.130. The molecule has 1 aromatic rings. The molecule has 0 bridgehead atoms. The molecule has 1 N–H and O–H groups in total. The number of carbonyl (C=O) groups is 2. The summed E-state index contributed by atoms with van der Waals surface area (Å²) in [7, 11) is 3.69. The van der Waals surface area contributed by atoms with Crippen LogP contribution in [0.15, 0.2) is 23.3 Å². The zero-order valence-corrected chi connectivity index (χ0v) is 13.6. The predicted octanol–water partition coefficient (Wildman–Crippen LogP) is 1.29. The molecule has 0 fully saturated rings. The Labute approximate surface area is 136 Å². The van der Waals surface area contributed by atoms with Crippen LogP contribution in [0.1, 0.15) is 30.4 Å². The Kier molecular flexibility index (Phi) is 4.32. The van der Waals surface area contributed by atoms with Gasteiger partial charge in [-0.05, 0) is 30.0 Å². The van der Waals surface area contributed by atoms with E-state index in [1.165, 1.54) is 16.3 Å². The number of fused-ring (bicyclic) bond motifs is 1. The molecule has 0 saturated heterocycles. The predicted molar refractivity (Wildman–Crippen MR) is 89.3 cm³/mol. The van der Waals surface area contributed by atoms with Gasteiger partial charge in [-0.15, -0.1) is 0 Å². The lowest BCUT2D eigenvalue weighted by Crippen LogP contribution is -2.37. The van der Waals surface area contributed by atoms with Gasteiger partial charge in [-0.2, -0.15) is 5.10 Å². The summed E-state index contributed by atoms with van der Waals surface area (Å²) in [6.07, 6.45) is 3.00. The molecule has 2 aliphatic rings. The van der Waals surface area contributed by atoms with Crippen LogP contribution in [0.2, 0.25) is 0 Å². The summed E-state index contributed by atoms with van der Waals surface area (Å²) in [5, 5.41) is 8.18. The molecule has 2 heterocycles. The molecule has 1 aromatic carbocycles. The molecule has 6 nitrogen and oxygen atoms in total. The van der Waals surface area contributed by atoms with Gasteiger partial charge >= 0.3 is 0 Å². The minimum atomic E-state index is -0.195. The van der Waals surface area contributed by atoms with Crippen molar-refractivity contribution in [1.82, 2.24) is 10.3 Å². The van der Waals surface area contributed by atoms with E-state index in [1.54, 1.807) is 7.05 Å². The first-order valence-electron chi connectivity index (χ1n) is 8.00. The van der Waals surface area contributed by atoms with Gasteiger partial charge in [-0.25, -0.2) is 5.01 Å². The van der Waals surface area contributed by atoms with Gasteiger partial charge in [0, 0.05) is 45.7 Å². The van der Waals surface area contributed by atoms with Crippen molar-refractivity contribution in [2.45, 2.75) is 32.2 Å². The first kappa shape index (κ1) is 15.5. The molecule has 2 amide bonds. The Morgan fingerprint density at radius 2 is 2.09 bits per heavy atom. The second-order valence-electron chi connectivity index (χ2n) is 6.13. The molecule has 0 atom stereocenters. The molecule has 2 aliphatic heterocycles. The van der Waals surface area contributed by atoms with Crippen LogP contribution in [0.5, 0.6) is 0 Å². The number of benzene rings is 1. The van der Waals surface area contributed by atoms with E-state index in [4.69, 9.17) is 0 Å². The van der Waals surface area contributed by atoms with Gasteiger partial charge in [0.05, 0.1) is 0 Å². The van der Waals surface area contributed by atoms with Gasteiger partial charge in [0.2, 0.25) is 5.91 Å². The van der Waals surface area contributed by atoms with Gasteiger partial charge in [-0.1, -0.05) is 12.1 Å². The van der Waals surface area contributed by atoms with Gasteiger partial charge < -0.3 is 10.2 Å². The van der Waals surface area contributed by atoms with E-state index in [9.17, 15) is 9.59 Å². The highest BCUT2D eigenvalue weighted by Gasteiger charge is 2.21. The lowest BCUT2D eigenvalue weighted by atomic mass is 9.99. The van der Waals surface area contributed by atoms with Crippen molar-refractivity contribution >= 4 is 23.2 Å². The fourth-order valence-corrected chi connectivity index (χ4v) is 3.07. The number of amides is 2. The molecular weight excluding hydrogens is 292 g/mol. The van der Waals surface area contributed by atoms with Crippen molar-refractivity contribution in [2.24, 2.45) is 5.10 Å². The molecule has 122 valence electrons. The topological polar surface area (TPSA) is 65.0 Å². The second-order valence-corrected chi connectivity index (χ2v) is 6.13. The van der Waals surface area contributed by atoms with Gasteiger partial charge in [0.25, 0.3) is 5.91 Å². The quantitative estimate of drug-likeness (QED) is 0.914. The lowest BCUT2D eigenvalue weighted by Gasteiger charge is -2.27. The minimum absolute atomic E-state index is 0.0552. The summed E-state index contributed by atoms with van der Waals surface area (Å²) in [6, 6.07) is 6.35. The van der Waals surface area contributed by atoms with Crippen LogP contribution < -0.4 is 10.2 Å². The second kappa shape index (κ2) is 6.40. The number of aryl methyl sites for hydroxylation is 1. The number of hydrazone groups is 1. The highest BCUT2D eigenvalue weighted by molar-refractivity contribution is 6.39. The molecule has 0 aromatic heterocycles. The van der Waals surface area contributed by atoms with Gasteiger partial charge in [-0.3, -0.25) is 9.59 Å². The summed E-state index contributed by atoms with van der Waals surface area (Å²) in [5.74, 6) is -0.250. The Hall–Kier alpha value is -2.37. The van der Waals surface area contributed by atoms with Crippen molar-refractivity contribution in [3.8, 4) is 0 Å². The molecular formula is C17H22N4O2. The number of nitrogens with zero attached hydrogens (tertiary/aromatic N) is 3. The van der Waals surface area contributed by atoms with E-state index in [0.717, 1.165) is 24.9 Å². The number of hydrogen-bond acceptors (Lipinski definition) is 4. The maximum Gasteiger partial charge on any atom is 0.267 e. The average molecular weight is 314 g/mol. The standard InChI is InChI=1S/C17H22N4O2/c1-20-9-3-4-13-10-12(5-7-15(13)20)11-18-17(23)14-6-8-16(22)21(2)19-14/h5,7,10H,3-4,6,8-9,11H2,1-2H3,(H,18,23). The summed E-state index contributed by atoms with van der Waals surface area (Å²) in [4.78, 5) is 25.8. The number of anilines is 1.